The van der Waals surface area contributed by atoms with Crippen molar-refractivity contribution in [2.45, 2.75) is 38.0 Å². The van der Waals surface area contributed by atoms with E-state index in [4.69, 9.17) is 5.73 Å². The fourth-order valence-corrected chi connectivity index (χ4v) is 3.16. The summed E-state index contributed by atoms with van der Waals surface area (Å²) in [4.78, 5) is 11.3. The molecule has 3 N–H and O–H groups in total. The van der Waals surface area contributed by atoms with Crippen molar-refractivity contribution in [3.05, 3.63) is 42.4 Å². The van der Waals surface area contributed by atoms with E-state index in [1.54, 1.807) is 12.1 Å². The number of ether oxygens (including phenoxy) is 1. The molecule has 162 valence electrons. The fraction of sp³-hybridized carbons (Fsp3) is 0.400. The van der Waals surface area contributed by atoms with Crippen LogP contribution >= 0.6 is 0 Å². The Morgan fingerprint density at radius 3 is 2.73 bits per heavy atom. The average molecular weight is 428 g/mol. The first-order chi connectivity index (χ1) is 14.1. The third-order valence-corrected chi connectivity index (χ3v) is 4.75. The molecule has 0 spiro atoms. The number of rotatable bonds is 6. The molecule has 10 heteroatoms. The highest BCUT2D eigenvalue weighted by atomic mass is 19.4. The van der Waals surface area contributed by atoms with Gasteiger partial charge in [-0.25, -0.2) is 13.8 Å². The molecule has 2 aromatic rings. The monoisotopic (exact) mass is 428 g/mol. The first-order valence-electron chi connectivity index (χ1n) is 9.37. The minimum Gasteiger partial charge on any atom is -0.406 e. The van der Waals surface area contributed by atoms with Crippen LogP contribution in [0.15, 0.2) is 41.5 Å². The van der Waals surface area contributed by atoms with Gasteiger partial charge >= 0.3 is 6.36 Å². The molecule has 3 rings (SSSR count). The molecule has 1 heterocycles. The number of hydrogen-bond acceptors (Lipinski definition) is 3. The van der Waals surface area contributed by atoms with Gasteiger partial charge in [-0.1, -0.05) is 12.1 Å². The van der Waals surface area contributed by atoms with Crippen molar-refractivity contribution >= 4 is 11.9 Å². The maximum absolute atomic E-state index is 13.2. The standard InChI is InChI=1S/C20H21F5N4O/c21-19(22)8-6-13(7-9-19)11-27-17(26)4-5-18-28-12-16(29-18)14-2-1-3-15(10-14)30-20(23,24)25/h1-5,10,12-13H,6-9,11H2,(H2,26,27)(H,28,29)/b5-4-. The molecule has 0 bridgehead atoms. The highest BCUT2D eigenvalue weighted by molar-refractivity contribution is 5.94. The molecule has 1 aliphatic carbocycles. The molecule has 0 atom stereocenters. The number of halogens is 5. The van der Waals surface area contributed by atoms with E-state index in [-0.39, 0.29) is 30.3 Å². The predicted molar refractivity (Wildman–Crippen MR) is 103 cm³/mol. The molecule has 5 nitrogen and oxygen atoms in total. The van der Waals surface area contributed by atoms with E-state index in [0.29, 0.717) is 36.5 Å². The molecule has 1 aliphatic rings. The van der Waals surface area contributed by atoms with Gasteiger partial charge in [-0.05, 0) is 43.0 Å². The second-order valence-electron chi connectivity index (χ2n) is 7.16. The Kier molecular flexibility index (Phi) is 6.42. The lowest BCUT2D eigenvalue weighted by Crippen LogP contribution is -2.26. The number of amidine groups is 1. The first kappa shape index (κ1) is 21.8. The number of nitrogens with two attached hydrogens (primary N) is 1. The smallest absolute Gasteiger partial charge is 0.406 e. The minimum atomic E-state index is -4.77. The van der Waals surface area contributed by atoms with Crippen LogP contribution < -0.4 is 10.5 Å². The highest BCUT2D eigenvalue weighted by Crippen LogP contribution is 2.36. The van der Waals surface area contributed by atoms with Crippen molar-refractivity contribution < 1.29 is 26.7 Å². The molecule has 0 unspecified atom stereocenters. The Balaban J connectivity index is 1.58. The number of nitrogens with zero attached hydrogens (tertiary/aromatic N) is 2. The Morgan fingerprint density at radius 1 is 1.30 bits per heavy atom. The topological polar surface area (TPSA) is 76.3 Å². The SMILES string of the molecule is NC(/C=C\c1ncc(-c2cccc(OC(F)(F)F)c2)[nH]1)=NCC1CCC(F)(F)CC1. The van der Waals surface area contributed by atoms with Crippen LogP contribution in [-0.4, -0.2) is 34.6 Å². The Morgan fingerprint density at radius 2 is 2.03 bits per heavy atom. The largest absolute Gasteiger partial charge is 0.573 e. The second-order valence-corrected chi connectivity index (χ2v) is 7.16. The highest BCUT2D eigenvalue weighted by Gasteiger charge is 2.34. The normalized spacial score (nSPS) is 18.1. The number of aromatic amines is 1. The number of alkyl halides is 5. The lowest BCUT2D eigenvalue weighted by atomic mass is 9.87. The van der Waals surface area contributed by atoms with Crippen LogP contribution in [0.25, 0.3) is 17.3 Å². The molecule has 1 aromatic carbocycles. The van der Waals surface area contributed by atoms with Crippen LogP contribution in [0.2, 0.25) is 0 Å². The molecule has 0 saturated heterocycles. The van der Waals surface area contributed by atoms with Crippen LogP contribution in [-0.2, 0) is 0 Å². The predicted octanol–water partition coefficient (Wildman–Crippen LogP) is 5.17. The number of aliphatic imine (C=N–C) groups is 1. The molecule has 1 saturated carbocycles. The van der Waals surface area contributed by atoms with E-state index in [2.05, 4.69) is 19.7 Å². The van der Waals surface area contributed by atoms with Crippen LogP contribution in [0.1, 0.15) is 31.5 Å². The average Bonchev–Trinajstić information content (AvgIpc) is 3.13. The maximum Gasteiger partial charge on any atom is 0.573 e. The molecule has 0 radical (unpaired) electrons. The molecule has 1 fully saturated rings. The van der Waals surface area contributed by atoms with Crippen molar-refractivity contribution in [1.29, 1.82) is 0 Å². The molecule has 1 aromatic heterocycles. The van der Waals surface area contributed by atoms with Gasteiger partial charge < -0.3 is 15.5 Å². The molecular formula is C20H21F5N4O. The Labute approximate surface area is 169 Å². The third kappa shape index (κ3) is 6.57. The summed E-state index contributed by atoms with van der Waals surface area (Å²) in [5.74, 6) is -2.13. The van der Waals surface area contributed by atoms with Crippen molar-refractivity contribution in [3.8, 4) is 17.0 Å². The lowest BCUT2D eigenvalue weighted by molar-refractivity contribution is -0.274. The van der Waals surface area contributed by atoms with Crippen molar-refractivity contribution in [2.75, 3.05) is 6.54 Å². The third-order valence-electron chi connectivity index (χ3n) is 4.75. The van der Waals surface area contributed by atoms with Gasteiger partial charge in [-0.15, -0.1) is 13.2 Å². The van der Waals surface area contributed by atoms with Crippen molar-refractivity contribution in [3.63, 3.8) is 0 Å². The molecule has 0 amide bonds. The van der Waals surface area contributed by atoms with Gasteiger partial charge in [0.05, 0.1) is 11.9 Å². The van der Waals surface area contributed by atoms with E-state index in [1.807, 2.05) is 0 Å². The fourth-order valence-electron chi connectivity index (χ4n) is 3.16. The van der Waals surface area contributed by atoms with Crippen LogP contribution in [0.3, 0.4) is 0 Å². The van der Waals surface area contributed by atoms with Crippen molar-refractivity contribution in [1.82, 2.24) is 9.97 Å². The summed E-state index contributed by atoms with van der Waals surface area (Å²) in [6, 6.07) is 5.52. The number of imidazole rings is 1. The van der Waals surface area contributed by atoms with Crippen LogP contribution in [0.5, 0.6) is 5.75 Å². The summed E-state index contributed by atoms with van der Waals surface area (Å²) in [7, 11) is 0. The number of aromatic nitrogens is 2. The van der Waals surface area contributed by atoms with Crippen molar-refractivity contribution in [2.24, 2.45) is 16.6 Å². The number of hydrogen-bond donors (Lipinski definition) is 2. The number of nitrogens with one attached hydrogen (secondary N) is 1. The molecule has 30 heavy (non-hydrogen) atoms. The second kappa shape index (κ2) is 8.85. The first-order valence-corrected chi connectivity index (χ1v) is 9.37. The van der Waals surface area contributed by atoms with E-state index in [9.17, 15) is 22.0 Å². The van der Waals surface area contributed by atoms with E-state index in [1.165, 1.54) is 30.5 Å². The van der Waals surface area contributed by atoms with Gasteiger partial charge in [0.15, 0.2) is 0 Å². The summed E-state index contributed by atoms with van der Waals surface area (Å²) in [6.07, 6.45) is 0.424. The summed E-state index contributed by atoms with van der Waals surface area (Å²) < 4.78 is 67.3. The van der Waals surface area contributed by atoms with Gasteiger partial charge in [0.2, 0.25) is 5.92 Å². The van der Waals surface area contributed by atoms with Gasteiger partial charge in [0.1, 0.15) is 17.4 Å². The zero-order valence-corrected chi connectivity index (χ0v) is 15.9. The summed E-state index contributed by atoms with van der Waals surface area (Å²) in [6.45, 7) is 0.391. The summed E-state index contributed by atoms with van der Waals surface area (Å²) >= 11 is 0. The van der Waals surface area contributed by atoms with Crippen LogP contribution in [0.4, 0.5) is 22.0 Å². The minimum absolute atomic E-state index is 0.0954. The van der Waals surface area contributed by atoms with E-state index >= 15 is 0 Å². The Hall–Kier alpha value is -2.91. The lowest BCUT2D eigenvalue weighted by Gasteiger charge is -2.27. The summed E-state index contributed by atoms with van der Waals surface area (Å²) in [5, 5.41) is 0. The van der Waals surface area contributed by atoms with Gasteiger partial charge in [-0.3, -0.25) is 4.99 Å². The number of H-pyrrole nitrogens is 1. The van der Waals surface area contributed by atoms with E-state index in [0.717, 1.165) is 0 Å². The molecular weight excluding hydrogens is 407 g/mol. The zero-order valence-electron chi connectivity index (χ0n) is 15.9. The summed E-state index contributed by atoms with van der Waals surface area (Å²) in [5.41, 5.74) is 6.81. The van der Waals surface area contributed by atoms with Gasteiger partial charge in [-0.2, -0.15) is 0 Å². The Bertz CT molecular complexity index is 910. The zero-order chi connectivity index (χ0) is 21.8. The van der Waals surface area contributed by atoms with E-state index < -0.39 is 12.3 Å². The maximum atomic E-state index is 13.2. The molecule has 0 aliphatic heterocycles. The number of benzene rings is 1. The quantitative estimate of drug-likeness (QED) is 0.379. The van der Waals surface area contributed by atoms with Crippen LogP contribution in [0, 0.1) is 5.92 Å². The van der Waals surface area contributed by atoms with Gasteiger partial charge in [0, 0.05) is 24.9 Å². The van der Waals surface area contributed by atoms with Gasteiger partial charge in [0.25, 0.3) is 0 Å².